The van der Waals surface area contributed by atoms with Crippen LogP contribution >= 0.6 is 27.7 Å². The van der Waals surface area contributed by atoms with E-state index in [0.717, 1.165) is 4.47 Å². The number of carbonyl (C=O) groups is 3. The van der Waals surface area contributed by atoms with Crippen molar-refractivity contribution >= 4 is 45.4 Å². The van der Waals surface area contributed by atoms with Crippen LogP contribution in [0.25, 0.3) is 0 Å². The van der Waals surface area contributed by atoms with Crippen LogP contribution in [0.2, 0.25) is 0 Å². The molecular formula is C15H12BrNO4S. The van der Waals surface area contributed by atoms with Gasteiger partial charge in [0.2, 0.25) is 5.91 Å². The van der Waals surface area contributed by atoms with Crippen LogP contribution in [0.4, 0.5) is 0 Å². The summed E-state index contributed by atoms with van der Waals surface area (Å²) >= 11 is 4.90. The summed E-state index contributed by atoms with van der Waals surface area (Å²) in [7, 11) is 0. The number of fused-ring (bicyclic) bond motifs is 1. The van der Waals surface area contributed by atoms with E-state index in [9.17, 15) is 14.4 Å². The molecule has 0 aliphatic carbocycles. The molecule has 0 bridgehead atoms. The van der Waals surface area contributed by atoms with Gasteiger partial charge in [0.05, 0.1) is 11.8 Å². The normalized spacial score (nSPS) is 19.9. The third-order valence-electron chi connectivity index (χ3n) is 3.44. The number of hydrogen-bond donors (Lipinski definition) is 0. The second-order valence-electron chi connectivity index (χ2n) is 4.85. The fraction of sp³-hybridized carbons (Fsp3) is 0.267. The van der Waals surface area contributed by atoms with Crippen LogP contribution in [-0.2, 0) is 14.3 Å². The molecule has 2 aliphatic heterocycles. The molecule has 1 saturated heterocycles. The first kappa shape index (κ1) is 15.3. The lowest BCUT2D eigenvalue weighted by Crippen LogP contribution is -2.53. The monoisotopic (exact) mass is 381 g/mol. The Bertz CT molecular complexity index is 671. The highest BCUT2D eigenvalue weighted by atomic mass is 79.9. The summed E-state index contributed by atoms with van der Waals surface area (Å²) in [6, 6.07) is 6.82. The number of β-lactam (4-membered cyclic amide) rings is 1. The zero-order chi connectivity index (χ0) is 15.7. The lowest BCUT2D eigenvalue weighted by atomic mass is 10.1. The molecule has 1 aromatic rings. The zero-order valence-electron chi connectivity index (χ0n) is 11.5. The number of ether oxygens (including phenoxy) is 1. The Labute approximate surface area is 139 Å². The van der Waals surface area contributed by atoms with E-state index in [0.29, 0.717) is 17.7 Å². The Morgan fingerprint density at radius 2 is 2.05 bits per heavy atom. The molecular weight excluding hydrogens is 370 g/mol. The second kappa shape index (κ2) is 6.26. The number of benzene rings is 1. The molecule has 7 heteroatoms. The number of amides is 1. The molecule has 0 N–H and O–H groups in total. The Morgan fingerprint density at radius 1 is 1.32 bits per heavy atom. The van der Waals surface area contributed by atoms with Gasteiger partial charge in [0.15, 0.2) is 12.4 Å². The summed E-state index contributed by atoms with van der Waals surface area (Å²) in [6.07, 6.45) is 2.12. The summed E-state index contributed by atoms with van der Waals surface area (Å²) < 4.78 is 5.93. The number of halogens is 1. The average Bonchev–Trinajstić information content (AvgIpc) is 2.51. The number of esters is 1. The van der Waals surface area contributed by atoms with Gasteiger partial charge in [-0.15, -0.1) is 11.8 Å². The molecule has 1 amide bonds. The van der Waals surface area contributed by atoms with Crippen LogP contribution in [0.3, 0.4) is 0 Å². The fourth-order valence-corrected chi connectivity index (χ4v) is 3.63. The smallest absolute Gasteiger partial charge is 0.355 e. The molecule has 0 radical (unpaired) electrons. The first-order valence-electron chi connectivity index (χ1n) is 6.66. The van der Waals surface area contributed by atoms with Gasteiger partial charge in [0.25, 0.3) is 0 Å². The van der Waals surface area contributed by atoms with Gasteiger partial charge in [-0.25, -0.2) is 4.79 Å². The van der Waals surface area contributed by atoms with Crippen molar-refractivity contribution in [1.82, 2.24) is 4.90 Å². The Kier molecular flexibility index (Phi) is 4.35. The number of Topliss-reactive ketones (excluding diaryl/α,β-unsaturated/α-hetero) is 1. The van der Waals surface area contributed by atoms with Gasteiger partial charge in [0, 0.05) is 15.8 Å². The Hall–Kier alpha value is -1.60. The minimum absolute atomic E-state index is 0.0298. The highest BCUT2D eigenvalue weighted by Gasteiger charge is 2.43. The largest absolute Gasteiger partial charge is 0.453 e. The van der Waals surface area contributed by atoms with Crippen LogP contribution in [0.5, 0.6) is 0 Å². The third kappa shape index (κ3) is 2.96. The van der Waals surface area contributed by atoms with Crippen LogP contribution < -0.4 is 0 Å². The summed E-state index contributed by atoms with van der Waals surface area (Å²) in [6.45, 7) is -0.336. The van der Waals surface area contributed by atoms with Crippen molar-refractivity contribution in [1.29, 1.82) is 0 Å². The van der Waals surface area contributed by atoms with Gasteiger partial charge in [-0.3, -0.25) is 14.5 Å². The topological polar surface area (TPSA) is 63.7 Å². The fourth-order valence-electron chi connectivity index (χ4n) is 2.25. The quantitative estimate of drug-likeness (QED) is 0.455. The summed E-state index contributed by atoms with van der Waals surface area (Å²) in [5.41, 5.74) is 0.727. The molecule has 2 aliphatic rings. The van der Waals surface area contributed by atoms with E-state index in [-0.39, 0.29) is 29.4 Å². The molecule has 3 rings (SSSR count). The summed E-state index contributed by atoms with van der Waals surface area (Å²) in [5.74, 6) is -0.318. The maximum absolute atomic E-state index is 12.1. The van der Waals surface area contributed by atoms with Crippen molar-refractivity contribution in [2.75, 3.05) is 12.4 Å². The number of ketones is 1. The second-order valence-corrected chi connectivity index (χ2v) is 6.98. The van der Waals surface area contributed by atoms with E-state index >= 15 is 0 Å². The van der Waals surface area contributed by atoms with E-state index in [1.165, 1.54) is 4.90 Å². The molecule has 22 heavy (non-hydrogen) atoms. The number of nitrogens with zero attached hydrogens (tertiary/aromatic N) is 1. The third-order valence-corrected chi connectivity index (χ3v) is 5.09. The molecule has 2 heterocycles. The SMILES string of the molecule is O=C(OCC(=O)c1ccc(Br)cc1)C1=CCS[C@@H]2CC(=O)N12. The molecule has 5 nitrogen and oxygen atoms in total. The Morgan fingerprint density at radius 3 is 2.73 bits per heavy atom. The van der Waals surface area contributed by atoms with E-state index in [2.05, 4.69) is 15.9 Å². The predicted molar refractivity (Wildman–Crippen MR) is 85.2 cm³/mol. The van der Waals surface area contributed by atoms with Gasteiger partial charge in [-0.2, -0.15) is 0 Å². The highest BCUT2D eigenvalue weighted by Crippen LogP contribution is 2.37. The first-order valence-corrected chi connectivity index (χ1v) is 8.50. The van der Waals surface area contributed by atoms with E-state index < -0.39 is 5.97 Å². The Balaban J connectivity index is 1.60. The molecule has 114 valence electrons. The zero-order valence-corrected chi connectivity index (χ0v) is 13.9. The van der Waals surface area contributed by atoms with Crippen molar-refractivity contribution in [2.24, 2.45) is 0 Å². The standard InChI is InChI=1S/C15H12BrNO4S/c16-10-3-1-9(2-4-10)12(18)8-21-15(20)11-5-6-22-14-7-13(19)17(11)14/h1-5,14H,6-8H2/t14-/m1/s1. The van der Waals surface area contributed by atoms with Crippen LogP contribution in [-0.4, -0.2) is 40.3 Å². The summed E-state index contributed by atoms with van der Waals surface area (Å²) in [4.78, 5) is 37.0. The number of carbonyl (C=O) groups excluding carboxylic acids is 3. The van der Waals surface area contributed by atoms with Gasteiger partial charge >= 0.3 is 5.97 Å². The summed E-state index contributed by atoms with van der Waals surface area (Å²) in [5, 5.41) is 0.0298. The van der Waals surface area contributed by atoms with Crippen LogP contribution in [0.1, 0.15) is 16.8 Å². The number of hydrogen-bond acceptors (Lipinski definition) is 5. The van der Waals surface area contributed by atoms with Crippen molar-refractivity contribution in [3.05, 3.63) is 46.1 Å². The van der Waals surface area contributed by atoms with Gasteiger partial charge in [-0.1, -0.05) is 28.1 Å². The van der Waals surface area contributed by atoms with Gasteiger partial charge in [-0.05, 0) is 18.2 Å². The van der Waals surface area contributed by atoms with E-state index in [4.69, 9.17) is 4.74 Å². The predicted octanol–water partition coefficient (Wildman–Crippen LogP) is 2.36. The molecule has 0 unspecified atom stereocenters. The number of thioether (sulfide) groups is 1. The highest BCUT2D eigenvalue weighted by molar-refractivity contribution is 9.10. The maximum Gasteiger partial charge on any atom is 0.355 e. The minimum Gasteiger partial charge on any atom is -0.453 e. The van der Waals surface area contributed by atoms with Crippen molar-refractivity contribution in [3.63, 3.8) is 0 Å². The molecule has 1 aromatic carbocycles. The maximum atomic E-state index is 12.1. The first-order chi connectivity index (χ1) is 10.6. The van der Waals surface area contributed by atoms with Gasteiger partial charge in [0.1, 0.15) is 5.70 Å². The van der Waals surface area contributed by atoms with E-state index in [1.54, 1.807) is 42.1 Å². The lowest BCUT2D eigenvalue weighted by molar-refractivity contribution is -0.148. The van der Waals surface area contributed by atoms with Gasteiger partial charge < -0.3 is 4.74 Å². The van der Waals surface area contributed by atoms with E-state index in [1.807, 2.05) is 0 Å². The molecule has 0 aromatic heterocycles. The number of rotatable bonds is 4. The van der Waals surface area contributed by atoms with Crippen LogP contribution in [0, 0.1) is 0 Å². The van der Waals surface area contributed by atoms with Crippen molar-refractivity contribution < 1.29 is 19.1 Å². The molecule has 1 atom stereocenters. The minimum atomic E-state index is -0.621. The van der Waals surface area contributed by atoms with Crippen molar-refractivity contribution in [3.8, 4) is 0 Å². The lowest BCUT2D eigenvalue weighted by Gasteiger charge is -2.42. The molecule has 0 spiro atoms. The van der Waals surface area contributed by atoms with Crippen molar-refractivity contribution in [2.45, 2.75) is 11.8 Å². The molecule has 1 fully saturated rings. The average molecular weight is 382 g/mol. The molecule has 0 saturated carbocycles. The van der Waals surface area contributed by atoms with Crippen LogP contribution in [0.15, 0.2) is 40.5 Å².